The van der Waals surface area contributed by atoms with E-state index in [0.29, 0.717) is 5.69 Å². The van der Waals surface area contributed by atoms with Crippen LogP contribution in [0.4, 0.5) is 0 Å². The molecule has 45 heavy (non-hydrogen) atoms. The largest absolute Gasteiger partial charge is 0.496 e. The minimum Gasteiger partial charge on any atom is -0.496 e. The van der Waals surface area contributed by atoms with Crippen molar-refractivity contribution in [1.82, 2.24) is 14.1 Å². The van der Waals surface area contributed by atoms with Gasteiger partial charge in [0.05, 0.1) is 37.9 Å². The Balaban J connectivity index is 1.45. The number of halogens is 1. The molecular formula is C31H28ClN3O10. The number of carbonyl (C=O) groups is 3. The van der Waals surface area contributed by atoms with Crippen molar-refractivity contribution < 1.29 is 37.7 Å². The zero-order chi connectivity index (χ0) is 32.5. The second-order valence-corrected chi connectivity index (χ2v) is 11.6. The molecule has 1 spiro atoms. The lowest BCUT2D eigenvalue weighted by Gasteiger charge is -2.36. The van der Waals surface area contributed by atoms with Gasteiger partial charge in [-0.25, -0.2) is 14.6 Å². The topological polar surface area (TPSA) is 158 Å². The number of pyridine rings is 1. The molecular weight excluding hydrogens is 610 g/mol. The van der Waals surface area contributed by atoms with Crippen LogP contribution in [0.1, 0.15) is 63.5 Å². The molecule has 1 aliphatic carbocycles. The number of ketones is 2. The van der Waals surface area contributed by atoms with Gasteiger partial charge in [0.25, 0.3) is 5.56 Å². The number of benzene rings is 1. The number of hydrogen-bond acceptors (Lipinski definition) is 11. The van der Waals surface area contributed by atoms with Gasteiger partial charge in [0.2, 0.25) is 22.9 Å². The van der Waals surface area contributed by atoms with Gasteiger partial charge in [0.1, 0.15) is 33.5 Å². The third-order valence-electron chi connectivity index (χ3n) is 8.11. The molecule has 0 amide bonds. The molecule has 4 aromatic rings. The van der Waals surface area contributed by atoms with E-state index in [-0.39, 0.29) is 75.0 Å². The van der Waals surface area contributed by atoms with Crippen LogP contribution < -0.4 is 25.5 Å². The molecule has 0 saturated heterocycles. The van der Waals surface area contributed by atoms with E-state index in [4.69, 9.17) is 35.0 Å². The summed E-state index contributed by atoms with van der Waals surface area (Å²) in [5.41, 5.74) is -3.04. The van der Waals surface area contributed by atoms with Gasteiger partial charge in [0, 0.05) is 24.6 Å². The SMILES string of the molecule is COc1cc(OC)c2c(c1Cl)O[C@@]1(C(=O)c3cc4c(=O)n(Cc5ccc(C(=O)OC(C)C)o5)c(=O)n(C)c4nc3C[C@H]1C)C2=O. The monoisotopic (exact) mass is 637 g/mol. The maximum absolute atomic E-state index is 14.3. The fourth-order valence-electron chi connectivity index (χ4n) is 5.88. The second kappa shape index (κ2) is 10.6. The van der Waals surface area contributed by atoms with Crippen LogP contribution in [0, 0.1) is 5.92 Å². The first-order valence-electron chi connectivity index (χ1n) is 14.0. The number of nitrogens with zero attached hydrogens (tertiary/aromatic N) is 3. The smallest absolute Gasteiger partial charge is 0.374 e. The highest BCUT2D eigenvalue weighted by atomic mass is 35.5. The number of esters is 1. The number of rotatable bonds is 6. The van der Waals surface area contributed by atoms with Crippen LogP contribution in [0.2, 0.25) is 5.02 Å². The molecule has 4 heterocycles. The fraction of sp³-hybridized carbons (Fsp3) is 0.355. The van der Waals surface area contributed by atoms with Gasteiger partial charge in [-0.3, -0.25) is 23.5 Å². The lowest BCUT2D eigenvalue weighted by atomic mass is 9.71. The normalized spacial score (nSPS) is 18.7. The summed E-state index contributed by atoms with van der Waals surface area (Å²) in [5.74, 6) is -2.36. The summed E-state index contributed by atoms with van der Waals surface area (Å²) in [6.45, 7) is 4.76. The van der Waals surface area contributed by atoms with Crippen LogP contribution in [0.25, 0.3) is 11.0 Å². The quantitative estimate of drug-likeness (QED) is 0.225. The first-order chi connectivity index (χ1) is 21.3. The van der Waals surface area contributed by atoms with Gasteiger partial charge in [0.15, 0.2) is 5.75 Å². The van der Waals surface area contributed by atoms with Gasteiger partial charge < -0.3 is 23.4 Å². The standard InChI is InChI=1S/C31H28ClN3O10/c1-13(2)43-29(39)19-8-7-15(44-19)12-35-28(38)17-10-16-18(33-27(17)34(4)30(35)40)9-14(3)31(25(16)36)26(37)22-20(41-5)11-21(42-6)23(32)24(22)45-31/h7-8,10-11,13-14H,9,12H2,1-6H3/t14-,31+/m1/s1. The van der Waals surface area contributed by atoms with E-state index in [1.807, 2.05) is 0 Å². The van der Waals surface area contributed by atoms with Gasteiger partial charge in [-0.15, -0.1) is 0 Å². The van der Waals surface area contributed by atoms with Crippen LogP contribution in [-0.4, -0.2) is 57.6 Å². The van der Waals surface area contributed by atoms with E-state index in [1.54, 1.807) is 20.8 Å². The van der Waals surface area contributed by atoms with Crippen molar-refractivity contribution in [2.24, 2.45) is 13.0 Å². The molecule has 13 nitrogen and oxygen atoms in total. The molecule has 0 radical (unpaired) electrons. The van der Waals surface area contributed by atoms with Crippen molar-refractivity contribution in [2.75, 3.05) is 14.2 Å². The van der Waals surface area contributed by atoms with E-state index in [0.717, 1.165) is 4.57 Å². The average Bonchev–Trinajstić information content (AvgIpc) is 3.60. The summed E-state index contributed by atoms with van der Waals surface area (Å²) in [5, 5.41) is -0.0301. The number of fused-ring (bicyclic) bond motifs is 3. The van der Waals surface area contributed by atoms with E-state index in [2.05, 4.69) is 4.98 Å². The first-order valence-corrected chi connectivity index (χ1v) is 14.4. The number of furan rings is 1. The highest BCUT2D eigenvalue weighted by Crippen LogP contribution is 2.53. The van der Waals surface area contributed by atoms with Crippen molar-refractivity contribution in [3.8, 4) is 17.2 Å². The van der Waals surface area contributed by atoms with Gasteiger partial charge in [-0.05, 0) is 38.5 Å². The van der Waals surface area contributed by atoms with Crippen LogP contribution in [-0.2, 0) is 24.8 Å². The number of aryl methyl sites for hydroxylation is 1. The molecule has 1 aromatic carbocycles. The fourth-order valence-corrected chi connectivity index (χ4v) is 6.15. The highest BCUT2D eigenvalue weighted by molar-refractivity contribution is 6.36. The third kappa shape index (κ3) is 4.36. The van der Waals surface area contributed by atoms with Gasteiger partial charge in [-0.2, -0.15) is 0 Å². The Kier molecular flexibility index (Phi) is 7.11. The second-order valence-electron chi connectivity index (χ2n) is 11.2. The molecule has 0 bridgehead atoms. The number of carbonyl (C=O) groups excluding carboxylic acids is 3. The highest BCUT2D eigenvalue weighted by Gasteiger charge is 2.62. The van der Waals surface area contributed by atoms with E-state index >= 15 is 0 Å². The molecule has 0 saturated carbocycles. The molecule has 1 aliphatic heterocycles. The van der Waals surface area contributed by atoms with Crippen LogP contribution in [0.5, 0.6) is 17.2 Å². The van der Waals surface area contributed by atoms with Gasteiger partial charge in [-0.1, -0.05) is 18.5 Å². The first kappa shape index (κ1) is 30.1. The lowest BCUT2D eigenvalue weighted by Crippen LogP contribution is -2.57. The molecule has 2 aliphatic rings. The zero-order valence-electron chi connectivity index (χ0n) is 25.2. The Morgan fingerprint density at radius 2 is 1.82 bits per heavy atom. The molecule has 3 aromatic heterocycles. The summed E-state index contributed by atoms with van der Waals surface area (Å²) in [7, 11) is 4.21. The minimum atomic E-state index is -2.00. The third-order valence-corrected chi connectivity index (χ3v) is 8.46. The zero-order valence-corrected chi connectivity index (χ0v) is 25.9. The van der Waals surface area contributed by atoms with E-state index in [9.17, 15) is 24.0 Å². The summed E-state index contributed by atoms with van der Waals surface area (Å²) in [6, 6.07) is 5.63. The Hall–Kier alpha value is -4.91. The van der Waals surface area contributed by atoms with Crippen molar-refractivity contribution in [1.29, 1.82) is 0 Å². The van der Waals surface area contributed by atoms with E-state index < -0.39 is 40.3 Å². The molecule has 2 atom stereocenters. The molecule has 0 unspecified atom stereocenters. The molecule has 6 rings (SSSR count). The number of methoxy groups -OCH3 is 2. The predicted octanol–water partition coefficient (Wildman–Crippen LogP) is 3.36. The summed E-state index contributed by atoms with van der Waals surface area (Å²) in [6.07, 6.45) is -0.252. The van der Waals surface area contributed by atoms with Crippen LogP contribution >= 0.6 is 11.6 Å². The van der Waals surface area contributed by atoms with Crippen molar-refractivity contribution in [3.05, 3.63) is 78.5 Å². The number of ether oxygens (including phenoxy) is 4. The number of Topliss-reactive ketones (excluding diaryl/α,β-unsaturated/α-hetero) is 2. The minimum absolute atomic E-state index is 0.00262. The molecule has 0 fully saturated rings. The van der Waals surface area contributed by atoms with Crippen LogP contribution in [0.3, 0.4) is 0 Å². The maximum Gasteiger partial charge on any atom is 0.374 e. The average molecular weight is 638 g/mol. The lowest BCUT2D eigenvalue weighted by molar-refractivity contribution is 0.0256. The Labute approximate surface area is 260 Å². The molecule has 0 N–H and O–H groups in total. The Morgan fingerprint density at radius 1 is 1.11 bits per heavy atom. The molecule has 234 valence electrons. The van der Waals surface area contributed by atoms with E-state index in [1.165, 1.54) is 50.1 Å². The van der Waals surface area contributed by atoms with Gasteiger partial charge >= 0.3 is 11.7 Å². The summed E-state index contributed by atoms with van der Waals surface area (Å²) in [4.78, 5) is 72.1. The van der Waals surface area contributed by atoms with Crippen molar-refractivity contribution in [2.45, 2.75) is 45.4 Å². The predicted molar refractivity (Wildman–Crippen MR) is 159 cm³/mol. The maximum atomic E-state index is 14.3. The van der Waals surface area contributed by atoms with Crippen molar-refractivity contribution >= 4 is 40.2 Å². The Bertz CT molecular complexity index is 2070. The molecule has 14 heteroatoms. The summed E-state index contributed by atoms with van der Waals surface area (Å²) < 4.78 is 29.7. The number of hydrogen-bond donors (Lipinski definition) is 0. The van der Waals surface area contributed by atoms with Crippen LogP contribution in [0.15, 0.2) is 38.3 Å². The Morgan fingerprint density at radius 3 is 2.49 bits per heavy atom. The van der Waals surface area contributed by atoms with Crippen molar-refractivity contribution in [3.63, 3.8) is 0 Å². The number of aromatic nitrogens is 3. The summed E-state index contributed by atoms with van der Waals surface area (Å²) >= 11 is 6.51.